The molecular weight excluding hydrogens is 310 g/mol. The number of aliphatic imine (C=N–C) groups is 1. The first-order chi connectivity index (χ1) is 11.6. The number of nitrogens with zero attached hydrogens (tertiary/aromatic N) is 2. The lowest BCUT2D eigenvalue weighted by molar-refractivity contribution is 0.187. The maximum atomic E-state index is 13.6. The van der Waals surface area contributed by atoms with E-state index in [0.29, 0.717) is 11.5 Å². The SMILES string of the molecule is CCN1CCC(CCNC(=NC)NCc2cc(F)ccc2F)CC1. The van der Waals surface area contributed by atoms with E-state index in [2.05, 4.69) is 27.4 Å². The van der Waals surface area contributed by atoms with Crippen molar-refractivity contribution in [3.63, 3.8) is 0 Å². The molecule has 24 heavy (non-hydrogen) atoms. The van der Waals surface area contributed by atoms with Crippen LogP contribution in [0.25, 0.3) is 0 Å². The molecule has 0 radical (unpaired) electrons. The van der Waals surface area contributed by atoms with Crippen molar-refractivity contribution in [1.29, 1.82) is 0 Å². The average molecular weight is 338 g/mol. The summed E-state index contributed by atoms with van der Waals surface area (Å²) in [5, 5.41) is 6.29. The highest BCUT2D eigenvalue weighted by atomic mass is 19.1. The van der Waals surface area contributed by atoms with Crippen LogP contribution in [0.1, 0.15) is 31.7 Å². The minimum Gasteiger partial charge on any atom is -0.356 e. The summed E-state index contributed by atoms with van der Waals surface area (Å²) >= 11 is 0. The van der Waals surface area contributed by atoms with E-state index in [9.17, 15) is 8.78 Å². The van der Waals surface area contributed by atoms with Crippen LogP contribution >= 0.6 is 0 Å². The van der Waals surface area contributed by atoms with E-state index in [4.69, 9.17) is 0 Å². The number of hydrogen-bond acceptors (Lipinski definition) is 2. The minimum atomic E-state index is -0.436. The highest BCUT2D eigenvalue weighted by Gasteiger charge is 2.17. The molecule has 1 aromatic carbocycles. The van der Waals surface area contributed by atoms with E-state index in [1.807, 2.05) is 0 Å². The number of hydrogen-bond donors (Lipinski definition) is 2. The van der Waals surface area contributed by atoms with Gasteiger partial charge >= 0.3 is 0 Å². The molecule has 6 heteroatoms. The Kier molecular flexibility index (Phi) is 7.43. The van der Waals surface area contributed by atoms with Gasteiger partial charge in [-0.05, 0) is 63.0 Å². The molecule has 1 fully saturated rings. The van der Waals surface area contributed by atoms with Gasteiger partial charge in [-0.3, -0.25) is 4.99 Å². The molecular formula is C18H28F2N4. The summed E-state index contributed by atoms with van der Waals surface area (Å²) in [5.74, 6) is 0.514. The van der Waals surface area contributed by atoms with Gasteiger partial charge in [0.25, 0.3) is 0 Å². The van der Waals surface area contributed by atoms with Gasteiger partial charge in [0, 0.05) is 25.7 Å². The summed E-state index contributed by atoms with van der Waals surface area (Å²) in [6.07, 6.45) is 3.60. The molecule has 0 amide bonds. The molecule has 0 aromatic heterocycles. The molecule has 4 nitrogen and oxygen atoms in total. The molecule has 2 N–H and O–H groups in total. The van der Waals surface area contributed by atoms with Crippen LogP contribution < -0.4 is 10.6 Å². The fourth-order valence-corrected chi connectivity index (χ4v) is 3.06. The largest absolute Gasteiger partial charge is 0.356 e. The van der Waals surface area contributed by atoms with Crippen LogP contribution in [0.3, 0.4) is 0 Å². The van der Waals surface area contributed by atoms with Crippen LogP contribution in [-0.2, 0) is 6.54 Å². The van der Waals surface area contributed by atoms with Crippen LogP contribution in [-0.4, -0.2) is 44.1 Å². The smallest absolute Gasteiger partial charge is 0.191 e. The van der Waals surface area contributed by atoms with Gasteiger partial charge < -0.3 is 15.5 Å². The van der Waals surface area contributed by atoms with E-state index in [1.54, 1.807) is 7.05 Å². The van der Waals surface area contributed by atoms with Gasteiger partial charge in [0.1, 0.15) is 11.6 Å². The number of benzene rings is 1. The number of nitrogens with one attached hydrogen (secondary N) is 2. The van der Waals surface area contributed by atoms with E-state index in [0.717, 1.165) is 37.6 Å². The zero-order valence-electron chi connectivity index (χ0n) is 14.6. The number of halogens is 2. The number of likely N-dealkylation sites (tertiary alicyclic amines) is 1. The molecule has 0 spiro atoms. The molecule has 1 saturated heterocycles. The third-order valence-electron chi connectivity index (χ3n) is 4.68. The summed E-state index contributed by atoms with van der Waals surface area (Å²) in [7, 11) is 1.68. The highest BCUT2D eigenvalue weighted by Crippen LogP contribution is 2.19. The van der Waals surface area contributed by atoms with Gasteiger partial charge in [-0.25, -0.2) is 8.78 Å². The van der Waals surface area contributed by atoms with E-state index in [-0.39, 0.29) is 6.54 Å². The van der Waals surface area contributed by atoms with E-state index >= 15 is 0 Å². The predicted octanol–water partition coefficient (Wildman–Crippen LogP) is 2.75. The fourth-order valence-electron chi connectivity index (χ4n) is 3.06. The van der Waals surface area contributed by atoms with Crippen molar-refractivity contribution in [3.05, 3.63) is 35.4 Å². The van der Waals surface area contributed by atoms with Gasteiger partial charge in [0.2, 0.25) is 0 Å². The third-order valence-corrected chi connectivity index (χ3v) is 4.68. The van der Waals surface area contributed by atoms with Gasteiger partial charge in [-0.1, -0.05) is 6.92 Å². The van der Waals surface area contributed by atoms with Crippen LogP contribution in [0.4, 0.5) is 8.78 Å². The molecule has 0 saturated carbocycles. The monoisotopic (exact) mass is 338 g/mol. The molecule has 1 aromatic rings. The topological polar surface area (TPSA) is 39.7 Å². The lowest BCUT2D eigenvalue weighted by Crippen LogP contribution is -2.39. The summed E-state index contributed by atoms with van der Waals surface area (Å²) < 4.78 is 26.8. The normalized spacial score (nSPS) is 17.1. The Bertz CT molecular complexity index is 540. The van der Waals surface area contributed by atoms with E-state index < -0.39 is 11.6 Å². The zero-order chi connectivity index (χ0) is 17.4. The van der Waals surface area contributed by atoms with Gasteiger partial charge in [0.05, 0.1) is 0 Å². The standard InChI is InChI=1S/C18H28F2N4/c1-3-24-10-7-14(8-11-24)6-9-22-18(21-2)23-13-15-12-16(19)4-5-17(15)20/h4-5,12,14H,3,6-11,13H2,1-2H3,(H2,21,22,23). The van der Waals surface area contributed by atoms with Gasteiger partial charge in [-0.2, -0.15) is 0 Å². The first-order valence-electron chi connectivity index (χ1n) is 8.73. The first kappa shape index (κ1) is 18.6. The Hall–Kier alpha value is -1.69. The Morgan fingerprint density at radius 3 is 2.67 bits per heavy atom. The quantitative estimate of drug-likeness (QED) is 0.619. The molecule has 1 aliphatic rings. The molecule has 0 unspecified atom stereocenters. The second kappa shape index (κ2) is 9.57. The van der Waals surface area contributed by atoms with Crippen molar-refractivity contribution >= 4 is 5.96 Å². The zero-order valence-corrected chi connectivity index (χ0v) is 14.6. The van der Waals surface area contributed by atoms with Crippen molar-refractivity contribution in [3.8, 4) is 0 Å². The van der Waals surface area contributed by atoms with Crippen molar-refractivity contribution in [2.45, 2.75) is 32.7 Å². The molecule has 0 aliphatic carbocycles. The Morgan fingerprint density at radius 2 is 2.00 bits per heavy atom. The Balaban J connectivity index is 1.70. The van der Waals surface area contributed by atoms with Gasteiger partial charge in [-0.15, -0.1) is 0 Å². The lowest BCUT2D eigenvalue weighted by Gasteiger charge is -2.31. The molecule has 1 aliphatic heterocycles. The van der Waals surface area contributed by atoms with Crippen LogP contribution in [0.5, 0.6) is 0 Å². The molecule has 2 rings (SSSR count). The number of guanidine groups is 1. The maximum absolute atomic E-state index is 13.6. The number of rotatable bonds is 6. The lowest BCUT2D eigenvalue weighted by atomic mass is 9.93. The van der Waals surface area contributed by atoms with Crippen LogP contribution in [0, 0.1) is 17.6 Å². The maximum Gasteiger partial charge on any atom is 0.191 e. The average Bonchev–Trinajstić information content (AvgIpc) is 2.61. The first-order valence-corrected chi connectivity index (χ1v) is 8.73. The van der Waals surface area contributed by atoms with Crippen molar-refractivity contribution in [1.82, 2.24) is 15.5 Å². The molecule has 1 heterocycles. The second-order valence-corrected chi connectivity index (χ2v) is 6.25. The Labute approximate surface area is 143 Å². The van der Waals surface area contributed by atoms with Crippen molar-refractivity contribution in [2.24, 2.45) is 10.9 Å². The van der Waals surface area contributed by atoms with Crippen LogP contribution in [0.15, 0.2) is 23.2 Å². The van der Waals surface area contributed by atoms with Crippen molar-refractivity contribution < 1.29 is 8.78 Å². The van der Waals surface area contributed by atoms with Gasteiger partial charge in [0.15, 0.2) is 5.96 Å². The molecule has 0 atom stereocenters. The summed E-state index contributed by atoms with van der Waals surface area (Å²) in [6.45, 7) is 6.76. The third kappa shape index (κ3) is 5.74. The molecule has 134 valence electrons. The van der Waals surface area contributed by atoms with Crippen LogP contribution in [0.2, 0.25) is 0 Å². The number of piperidine rings is 1. The van der Waals surface area contributed by atoms with E-state index in [1.165, 1.54) is 32.0 Å². The Morgan fingerprint density at radius 1 is 1.25 bits per heavy atom. The molecule has 0 bridgehead atoms. The highest BCUT2D eigenvalue weighted by molar-refractivity contribution is 5.79. The fraction of sp³-hybridized carbons (Fsp3) is 0.611. The predicted molar refractivity (Wildman–Crippen MR) is 94.0 cm³/mol. The summed E-state index contributed by atoms with van der Waals surface area (Å²) in [4.78, 5) is 6.62. The summed E-state index contributed by atoms with van der Waals surface area (Å²) in [5.41, 5.74) is 0.296. The summed E-state index contributed by atoms with van der Waals surface area (Å²) in [6, 6.07) is 3.47. The second-order valence-electron chi connectivity index (χ2n) is 6.25. The van der Waals surface area contributed by atoms with Crippen molar-refractivity contribution in [2.75, 3.05) is 33.2 Å². The minimum absolute atomic E-state index is 0.207.